The van der Waals surface area contributed by atoms with Crippen LogP contribution in [0.3, 0.4) is 0 Å². The highest BCUT2D eigenvalue weighted by molar-refractivity contribution is 9.10. The third kappa shape index (κ3) is 2.19. The van der Waals surface area contributed by atoms with E-state index in [1.54, 1.807) is 0 Å². The number of nitrogens with zero attached hydrogens (tertiary/aromatic N) is 1. The Bertz CT molecular complexity index is 363. The highest BCUT2D eigenvalue weighted by Crippen LogP contribution is 2.31. The summed E-state index contributed by atoms with van der Waals surface area (Å²) in [5.41, 5.74) is 4.48. The van der Waals surface area contributed by atoms with Gasteiger partial charge < -0.3 is 5.73 Å². The van der Waals surface area contributed by atoms with E-state index in [4.69, 9.17) is 17.3 Å². The molecule has 0 saturated heterocycles. The second-order valence-corrected chi connectivity index (χ2v) is 3.47. The molecule has 0 amide bonds. The fraction of sp³-hybridized carbons (Fsp3) is 0.143. The summed E-state index contributed by atoms with van der Waals surface area (Å²) in [5, 5.41) is -0.849. The van der Waals surface area contributed by atoms with E-state index >= 15 is 0 Å². The first-order chi connectivity index (χ1) is 6.43. The Kier molecular flexibility index (Phi) is 3.38. The maximum Gasteiger partial charge on any atom is 0.270 e. The van der Waals surface area contributed by atoms with Gasteiger partial charge in [0, 0.05) is 5.69 Å². The van der Waals surface area contributed by atoms with Gasteiger partial charge in [0.05, 0.1) is 5.56 Å². The molecule has 0 radical (unpaired) electrons. The topological polar surface area (TPSA) is 56.0 Å². The van der Waals surface area contributed by atoms with Gasteiger partial charge in [-0.25, -0.2) is 13.8 Å². The largest absolute Gasteiger partial charge is 0.398 e. The first-order valence-electron chi connectivity index (χ1n) is 3.37. The van der Waals surface area contributed by atoms with Crippen molar-refractivity contribution in [3.8, 4) is 0 Å². The van der Waals surface area contributed by atoms with E-state index in [1.165, 1.54) is 0 Å². The highest BCUT2D eigenvalue weighted by atomic mass is 79.9. The van der Waals surface area contributed by atoms with E-state index in [2.05, 4.69) is 20.9 Å². The van der Waals surface area contributed by atoms with E-state index in [-0.39, 0.29) is 16.0 Å². The molecule has 14 heavy (non-hydrogen) atoms. The quantitative estimate of drug-likeness (QED) is 0.671. The summed E-state index contributed by atoms with van der Waals surface area (Å²) >= 11 is 7.90. The average Bonchev–Trinajstić information content (AvgIpc) is 2.01. The van der Waals surface area contributed by atoms with E-state index in [1.807, 2.05) is 0 Å². The van der Waals surface area contributed by atoms with Gasteiger partial charge in [-0.1, -0.05) is 0 Å². The van der Waals surface area contributed by atoms with Crippen LogP contribution >= 0.6 is 27.5 Å². The normalized spacial score (nSPS) is 10.6. The molecule has 2 N–H and O–H groups in total. The van der Waals surface area contributed by atoms with E-state index in [9.17, 15) is 13.6 Å². The van der Waals surface area contributed by atoms with Crippen molar-refractivity contribution in [2.24, 2.45) is 0 Å². The van der Waals surface area contributed by atoms with E-state index < -0.39 is 17.2 Å². The molecule has 0 aliphatic rings. The maximum absolute atomic E-state index is 12.4. The molecule has 0 atom stereocenters. The van der Waals surface area contributed by atoms with Gasteiger partial charge >= 0.3 is 0 Å². The third-order valence-electron chi connectivity index (χ3n) is 1.46. The summed E-state index contributed by atoms with van der Waals surface area (Å²) in [4.78, 5) is 14.2. The number of carbonyl (C=O) groups excluding carboxylic acids is 1. The molecule has 76 valence electrons. The Morgan fingerprint density at radius 1 is 1.64 bits per heavy atom. The summed E-state index contributed by atoms with van der Waals surface area (Å²) in [6.07, 6.45) is -2.75. The maximum atomic E-state index is 12.4. The summed E-state index contributed by atoms with van der Waals surface area (Å²) < 4.78 is 24.5. The first kappa shape index (κ1) is 11.3. The van der Waals surface area contributed by atoms with Gasteiger partial charge in [0.1, 0.15) is 10.3 Å². The second kappa shape index (κ2) is 4.18. The molecular formula is C7H4BrClF2N2O. The van der Waals surface area contributed by atoms with Gasteiger partial charge in [0.15, 0.2) is 0 Å². The van der Waals surface area contributed by atoms with Gasteiger partial charge in [0.25, 0.3) is 11.7 Å². The molecule has 1 heterocycles. The zero-order valence-electron chi connectivity index (χ0n) is 6.60. The monoisotopic (exact) mass is 284 g/mol. The Morgan fingerprint density at radius 2 is 2.21 bits per heavy atom. The lowest BCUT2D eigenvalue weighted by Crippen LogP contribution is -2.03. The van der Waals surface area contributed by atoms with Crippen molar-refractivity contribution in [1.82, 2.24) is 4.98 Å². The van der Waals surface area contributed by atoms with Crippen LogP contribution in [0.2, 0.25) is 0 Å². The van der Waals surface area contributed by atoms with Crippen LogP contribution in [0.4, 0.5) is 14.5 Å². The molecule has 7 heteroatoms. The first-order valence-corrected chi connectivity index (χ1v) is 4.54. The predicted octanol–water partition coefficient (Wildman–Crippen LogP) is 2.74. The smallest absolute Gasteiger partial charge is 0.270 e. The summed E-state index contributed by atoms with van der Waals surface area (Å²) in [6, 6.07) is 1.02. The molecule has 0 saturated carbocycles. The number of pyridine rings is 1. The molecule has 0 aromatic carbocycles. The SMILES string of the molecule is Nc1cc(C(=O)Cl)nc(Br)c1C(F)F. The Balaban J connectivity index is 3.32. The lowest BCUT2D eigenvalue weighted by atomic mass is 10.2. The number of nitrogens with two attached hydrogens (primary N) is 1. The van der Waals surface area contributed by atoms with Crippen LogP contribution in [-0.4, -0.2) is 10.2 Å². The van der Waals surface area contributed by atoms with Gasteiger partial charge in [-0.2, -0.15) is 0 Å². The van der Waals surface area contributed by atoms with Gasteiger partial charge in [0.2, 0.25) is 0 Å². The zero-order valence-corrected chi connectivity index (χ0v) is 8.94. The molecule has 1 aromatic heterocycles. The van der Waals surface area contributed by atoms with E-state index in [0.29, 0.717) is 0 Å². The fourth-order valence-electron chi connectivity index (χ4n) is 0.859. The number of rotatable bonds is 2. The zero-order chi connectivity index (χ0) is 10.9. The molecule has 0 unspecified atom stereocenters. The third-order valence-corrected chi connectivity index (χ3v) is 2.26. The standard InChI is InChI=1S/C7H4BrClF2N2O/c8-5-4(7(10)11)2(12)1-3(13-5)6(9)14/h1,7H,(H2,12,13). The van der Waals surface area contributed by atoms with Gasteiger partial charge in [-0.05, 0) is 33.6 Å². The molecule has 0 aliphatic carbocycles. The van der Waals surface area contributed by atoms with Crippen molar-refractivity contribution >= 4 is 38.5 Å². The van der Waals surface area contributed by atoms with Crippen LogP contribution in [0, 0.1) is 0 Å². The van der Waals surface area contributed by atoms with Crippen LogP contribution in [0.1, 0.15) is 22.5 Å². The number of alkyl halides is 2. The second-order valence-electron chi connectivity index (χ2n) is 2.38. The van der Waals surface area contributed by atoms with Crippen LogP contribution in [0.25, 0.3) is 0 Å². The number of hydrogen-bond acceptors (Lipinski definition) is 3. The minimum Gasteiger partial charge on any atom is -0.398 e. The number of aromatic nitrogens is 1. The number of anilines is 1. The Labute approximate surface area is 91.4 Å². The van der Waals surface area contributed by atoms with Crippen molar-refractivity contribution in [2.75, 3.05) is 5.73 Å². The summed E-state index contributed by atoms with van der Waals surface area (Å²) in [7, 11) is 0. The number of halogens is 4. The molecule has 1 rings (SSSR count). The summed E-state index contributed by atoms with van der Waals surface area (Å²) in [6.45, 7) is 0. The average molecular weight is 285 g/mol. The van der Waals surface area contributed by atoms with Crippen LogP contribution in [-0.2, 0) is 0 Å². The van der Waals surface area contributed by atoms with Crippen molar-refractivity contribution in [2.45, 2.75) is 6.43 Å². The van der Waals surface area contributed by atoms with Crippen molar-refractivity contribution in [3.05, 3.63) is 21.9 Å². The van der Waals surface area contributed by atoms with Crippen LogP contribution < -0.4 is 5.73 Å². The van der Waals surface area contributed by atoms with Gasteiger partial charge in [-0.3, -0.25) is 4.79 Å². The highest BCUT2D eigenvalue weighted by Gasteiger charge is 2.19. The molecule has 0 bridgehead atoms. The lowest BCUT2D eigenvalue weighted by Gasteiger charge is -2.07. The van der Waals surface area contributed by atoms with E-state index in [0.717, 1.165) is 6.07 Å². The number of nitrogen functional groups attached to an aromatic ring is 1. The minimum atomic E-state index is -2.75. The van der Waals surface area contributed by atoms with Gasteiger partial charge in [-0.15, -0.1) is 0 Å². The van der Waals surface area contributed by atoms with Crippen molar-refractivity contribution in [1.29, 1.82) is 0 Å². The molecule has 0 aliphatic heterocycles. The van der Waals surface area contributed by atoms with Crippen LogP contribution in [0.15, 0.2) is 10.7 Å². The Hall–Kier alpha value is -0.750. The number of carbonyl (C=O) groups is 1. The molecule has 0 spiro atoms. The predicted molar refractivity (Wildman–Crippen MR) is 51.5 cm³/mol. The summed E-state index contributed by atoms with van der Waals surface area (Å²) in [5.74, 6) is 0. The lowest BCUT2D eigenvalue weighted by molar-refractivity contribution is 0.107. The molecule has 0 fully saturated rings. The molecular weight excluding hydrogens is 281 g/mol. The fourth-order valence-corrected chi connectivity index (χ4v) is 1.55. The molecule has 3 nitrogen and oxygen atoms in total. The van der Waals surface area contributed by atoms with Crippen molar-refractivity contribution < 1.29 is 13.6 Å². The van der Waals surface area contributed by atoms with Crippen LogP contribution in [0.5, 0.6) is 0 Å². The number of hydrogen-bond donors (Lipinski definition) is 1. The minimum absolute atomic E-state index is 0.166. The van der Waals surface area contributed by atoms with Crippen molar-refractivity contribution in [3.63, 3.8) is 0 Å². The Morgan fingerprint density at radius 3 is 2.57 bits per heavy atom. The molecule has 1 aromatic rings.